The van der Waals surface area contributed by atoms with Crippen LogP contribution in [0.5, 0.6) is 0 Å². The standard InChI is InChI=1S/C53H32N2/c1-3-17-37-33(13-1)15-11-24-41(37)51-43-21-6-7-22-44(43)52(42-25-12-16-34-14-2-4-18-38(34)42)47-31-35(27-29-45(47)51)36-28-30-50-48(32-36)54-53-46-23-8-5-19-39(46)40-20-9-10-26-49(40)55(50)53/h1-32H. The second-order valence-electron chi connectivity index (χ2n) is 14.6. The van der Waals surface area contributed by atoms with Crippen LogP contribution in [0.2, 0.25) is 0 Å². The molecule has 0 aliphatic rings. The Balaban J connectivity index is 1.18. The zero-order valence-corrected chi connectivity index (χ0v) is 29.9. The monoisotopic (exact) mass is 696 g/mol. The van der Waals surface area contributed by atoms with Crippen LogP contribution in [0.4, 0.5) is 0 Å². The lowest BCUT2D eigenvalue weighted by Crippen LogP contribution is -1.93. The van der Waals surface area contributed by atoms with Crippen molar-refractivity contribution in [2.75, 3.05) is 0 Å². The summed E-state index contributed by atoms with van der Waals surface area (Å²) in [6.45, 7) is 0. The highest BCUT2D eigenvalue weighted by Gasteiger charge is 2.20. The van der Waals surface area contributed by atoms with E-state index in [1.807, 2.05) is 0 Å². The van der Waals surface area contributed by atoms with E-state index in [4.69, 9.17) is 4.98 Å². The third-order valence-electron chi connectivity index (χ3n) is 11.7. The molecule has 0 spiro atoms. The lowest BCUT2D eigenvalue weighted by Gasteiger charge is -2.20. The van der Waals surface area contributed by atoms with Crippen molar-refractivity contribution in [1.29, 1.82) is 0 Å². The molecule has 0 N–H and O–H groups in total. The first-order chi connectivity index (χ1) is 27.3. The Bertz CT molecular complexity index is 3540. The van der Waals surface area contributed by atoms with Gasteiger partial charge in [-0.05, 0) is 106 Å². The first kappa shape index (κ1) is 30.2. The van der Waals surface area contributed by atoms with Gasteiger partial charge in [-0.25, -0.2) is 4.98 Å². The van der Waals surface area contributed by atoms with Crippen LogP contribution in [0, 0.1) is 0 Å². The van der Waals surface area contributed by atoms with Crippen molar-refractivity contribution in [1.82, 2.24) is 9.38 Å². The van der Waals surface area contributed by atoms with E-state index in [0.29, 0.717) is 0 Å². The van der Waals surface area contributed by atoms with E-state index in [-0.39, 0.29) is 0 Å². The van der Waals surface area contributed by atoms with Crippen LogP contribution in [0.15, 0.2) is 194 Å². The summed E-state index contributed by atoms with van der Waals surface area (Å²) >= 11 is 0. The minimum atomic E-state index is 0.989. The summed E-state index contributed by atoms with van der Waals surface area (Å²) in [7, 11) is 0. The third kappa shape index (κ3) is 4.40. The van der Waals surface area contributed by atoms with Gasteiger partial charge in [-0.1, -0.05) is 170 Å². The summed E-state index contributed by atoms with van der Waals surface area (Å²) < 4.78 is 2.33. The van der Waals surface area contributed by atoms with Crippen LogP contribution in [0.3, 0.4) is 0 Å². The molecule has 0 saturated heterocycles. The van der Waals surface area contributed by atoms with Crippen LogP contribution in [-0.4, -0.2) is 9.38 Å². The summed E-state index contributed by atoms with van der Waals surface area (Å²) in [5, 5.41) is 13.6. The normalized spacial score (nSPS) is 12.0. The molecule has 2 heterocycles. The van der Waals surface area contributed by atoms with Crippen LogP contribution in [0.25, 0.3) is 115 Å². The number of imidazole rings is 1. The average Bonchev–Trinajstić information content (AvgIpc) is 3.65. The van der Waals surface area contributed by atoms with Crippen molar-refractivity contribution in [3.05, 3.63) is 194 Å². The van der Waals surface area contributed by atoms with Gasteiger partial charge < -0.3 is 0 Å². The molecule has 2 nitrogen and oxygen atoms in total. The Hall–Kier alpha value is -7.29. The number of fused-ring (bicyclic) bond motifs is 12. The number of aromatic nitrogens is 2. The number of rotatable bonds is 3. The highest BCUT2D eigenvalue weighted by Crippen LogP contribution is 2.47. The van der Waals surface area contributed by atoms with E-state index < -0.39 is 0 Å². The second kappa shape index (κ2) is 11.6. The van der Waals surface area contributed by atoms with Crippen molar-refractivity contribution < 1.29 is 0 Å². The third-order valence-corrected chi connectivity index (χ3v) is 11.7. The van der Waals surface area contributed by atoms with Gasteiger partial charge in [-0.2, -0.15) is 0 Å². The molecule has 0 saturated carbocycles. The average molecular weight is 697 g/mol. The fourth-order valence-corrected chi connectivity index (χ4v) is 9.32. The molecule has 0 aliphatic heterocycles. The maximum Gasteiger partial charge on any atom is 0.146 e. The van der Waals surface area contributed by atoms with Gasteiger partial charge in [0.05, 0.1) is 16.6 Å². The Morgan fingerprint density at radius 3 is 1.49 bits per heavy atom. The zero-order chi connectivity index (χ0) is 36.0. The van der Waals surface area contributed by atoms with Gasteiger partial charge in [0.1, 0.15) is 5.65 Å². The molecule has 0 unspecified atom stereocenters. The SMILES string of the molecule is c1ccc2c(-c3c4ccccc4c(-c4cccc5ccccc45)c4cc(-c5ccc6c(c5)nc5c7ccccc7c7ccccc7n65)ccc34)cccc2c1. The highest BCUT2D eigenvalue weighted by atomic mass is 15.0. The molecule has 254 valence electrons. The quantitative estimate of drug-likeness (QED) is 0.133. The van der Waals surface area contributed by atoms with Crippen molar-refractivity contribution in [3.63, 3.8) is 0 Å². The number of benzene rings is 10. The summed E-state index contributed by atoms with van der Waals surface area (Å²) in [5.74, 6) is 0. The molecule has 55 heavy (non-hydrogen) atoms. The number of nitrogens with zero attached hydrogens (tertiary/aromatic N) is 2. The molecule has 12 aromatic rings. The lowest BCUT2D eigenvalue weighted by atomic mass is 9.83. The van der Waals surface area contributed by atoms with Crippen LogP contribution >= 0.6 is 0 Å². The van der Waals surface area contributed by atoms with E-state index >= 15 is 0 Å². The fourth-order valence-electron chi connectivity index (χ4n) is 9.32. The van der Waals surface area contributed by atoms with Gasteiger partial charge in [0, 0.05) is 10.8 Å². The number of pyridine rings is 1. The van der Waals surface area contributed by atoms with E-state index in [1.165, 1.54) is 87.2 Å². The largest absolute Gasteiger partial charge is 0.292 e. The topological polar surface area (TPSA) is 17.3 Å². The van der Waals surface area contributed by atoms with Gasteiger partial charge >= 0.3 is 0 Å². The molecule has 0 fully saturated rings. The smallest absolute Gasteiger partial charge is 0.146 e. The highest BCUT2D eigenvalue weighted by molar-refractivity contribution is 6.26. The molecule has 0 atom stereocenters. The van der Waals surface area contributed by atoms with Crippen molar-refractivity contribution >= 4 is 81.4 Å². The summed E-state index contributed by atoms with van der Waals surface area (Å²) in [6, 6.07) is 71.1. The van der Waals surface area contributed by atoms with E-state index in [1.54, 1.807) is 0 Å². The molecular formula is C53H32N2. The Morgan fingerprint density at radius 1 is 0.309 bits per heavy atom. The fraction of sp³-hybridized carbons (Fsp3) is 0. The predicted octanol–water partition coefficient (Wildman–Crippen LogP) is 14.4. The lowest BCUT2D eigenvalue weighted by molar-refractivity contribution is 1.31. The molecule has 0 radical (unpaired) electrons. The Morgan fingerprint density at radius 2 is 0.800 bits per heavy atom. The minimum absolute atomic E-state index is 0.989. The van der Waals surface area contributed by atoms with Crippen LogP contribution < -0.4 is 0 Å². The molecule has 12 rings (SSSR count). The van der Waals surface area contributed by atoms with Gasteiger partial charge in [0.2, 0.25) is 0 Å². The molecule has 10 aromatic carbocycles. The number of para-hydroxylation sites is 1. The zero-order valence-electron chi connectivity index (χ0n) is 29.9. The number of hydrogen-bond donors (Lipinski definition) is 0. The predicted molar refractivity (Wildman–Crippen MR) is 234 cm³/mol. The molecule has 0 bridgehead atoms. The van der Waals surface area contributed by atoms with E-state index in [0.717, 1.165) is 27.6 Å². The first-order valence-corrected chi connectivity index (χ1v) is 19.0. The van der Waals surface area contributed by atoms with Crippen LogP contribution in [-0.2, 0) is 0 Å². The van der Waals surface area contributed by atoms with Crippen molar-refractivity contribution in [2.45, 2.75) is 0 Å². The summed E-state index contributed by atoms with van der Waals surface area (Å²) in [5.41, 5.74) is 11.6. The van der Waals surface area contributed by atoms with Crippen molar-refractivity contribution in [3.8, 4) is 33.4 Å². The molecular weight excluding hydrogens is 665 g/mol. The molecule has 0 aliphatic carbocycles. The summed E-state index contributed by atoms with van der Waals surface area (Å²) in [4.78, 5) is 5.33. The van der Waals surface area contributed by atoms with Gasteiger partial charge in [0.15, 0.2) is 0 Å². The first-order valence-electron chi connectivity index (χ1n) is 19.0. The van der Waals surface area contributed by atoms with Crippen molar-refractivity contribution in [2.24, 2.45) is 0 Å². The molecule has 2 heteroatoms. The Kier molecular flexibility index (Phi) is 6.37. The molecule has 2 aromatic heterocycles. The Labute approximate surface area is 317 Å². The minimum Gasteiger partial charge on any atom is -0.292 e. The number of hydrogen-bond acceptors (Lipinski definition) is 1. The maximum atomic E-state index is 5.33. The van der Waals surface area contributed by atoms with E-state index in [9.17, 15) is 0 Å². The second-order valence-corrected chi connectivity index (χ2v) is 14.6. The maximum absolute atomic E-state index is 5.33. The van der Waals surface area contributed by atoms with Gasteiger partial charge in [0.25, 0.3) is 0 Å². The van der Waals surface area contributed by atoms with Gasteiger partial charge in [-0.3, -0.25) is 4.40 Å². The summed E-state index contributed by atoms with van der Waals surface area (Å²) in [6.07, 6.45) is 0. The van der Waals surface area contributed by atoms with E-state index in [2.05, 4.69) is 199 Å². The van der Waals surface area contributed by atoms with Gasteiger partial charge in [-0.15, -0.1) is 0 Å². The van der Waals surface area contributed by atoms with Crippen LogP contribution in [0.1, 0.15) is 0 Å². The molecule has 0 amide bonds.